The van der Waals surface area contributed by atoms with E-state index in [4.69, 9.17) is 0 Å². The van der Waals surface area contributed by atoms with Gasteiger partial charge in [-0.2, -0.15) is 0 Å². The number of hydrogen-bond donors (Lipinski definition) is 1. The van der Waals surface area contributed by atoms with Crippen LogP contribution in [0.4, 0.5) is 5.69 Å². The van der Waals surface area contributed by atoms with Crippen molar-refractivity contribution >= 4 is 17.5 Å². The second-order valence-electron chi connectivity index (χ2n) is 6.22. The first-order valence-electron chi connectivity index (χ1n) is 8.20. The van der Waals surface area contributed by atoms with Gasteiger partial charge in [-0.05, 0) is 48.7 Å². The molecule has 2 aromatic carbocycles. The second kappa shape index (κ2) is 8.29. The molecule has 0 aliphatic rings. The van der Waals surface area contributed by atoms with Gasteiger partial charge in [0.1, 0.15) is 0 Å². The van der Waals surface area contributed by atoms with E-state index in [9.17, 15) is 9.59 Å². The first kappa shape index (κ1) is 17.7. The molecule has 1 N–H and O–H groups in total. The molecule has 2 rings (SSSR count). The third-order valence-corrected chi connectivity index (χ3v) is 3.85. The Hall–Kier alpha value is -2.62. The molecule has 4 nitrogen and oxygen atoms in total. The average molecular weight is 324 g/mol. The summed E-state index contributed by atoms with van der Waals surface area (Å²) >= 11 is 0. The number of benzene rings is 2. The fraction of sp³-hybridized carbons (Fsp3) is 0.300. The maximum absolute atomic E-state index is 12.5. The zero-order valence-corrected chi connectivity index (χ0v) is 14.5. The molecule has 0 radical (unpaired) electrons. The van der Waals surface area contributed by atoms with E-state index in [0.717, 1.165) is 12.1 Å². The fourth-order valence-corrected chi connectivity index (χ4v) is 2.30. The van der Waals surface area contributed by atoms with E-state index < -0.39 is 0 Å². The summed E-state index contributed by atoms with van der Waals surface area (Å²) in [5, 5.41) is 2.89. The first-order chi connectivity index (χ1) is 11.5. The Bertz CT molecular complexity index is 679. The second-order valence-corrected chi connectivity index (χ2v) is 6.22. The maximum Gasteiger partial charge on any atom is 0.258 e. The van der Waals surface area contributed by atoms with E-state index in [1.165, 1.54) is 0 Å². The Morgan fingerprint density at radius 2 is 1.54 bits per heavy atom. The summed E-state index contributed by atoms with van der Waals surface area (Å²) in [6.07, 6.45) is 0.949. The van der Waals surface area contributed by atoms with Gasteiger partial charge in [0.2, 0.25) is 0 Å². The number of amides is 2. The summed E-state index contributed by atoms with van der Waals surface area (Å²) in [7, 11) is 1.74. The molecule has 0 heterocycles. The Morgan fingerprint density at radius 3 is 2.12 bits per heavy atom. The first-order valence-corrected chi connectivity index (χ1v) is 8.20. The average Bonchev–Trinajstić information content (AvgIpc) is 2.61. The van der Waals surface area contributed by atoms with Crippen LogP contribution in [0.1, 0.15) is 41.0 Å². The summed E-state index contributed by atoms with van der Waals surface area (Å²) < 4.78 is 0. The minimum absolute atomic E-state index is 0.104. The lowest BCUT2D eigenvalue weighted by atomic mass is 10.1. The smallest absolute Gasteiger partial charge is 0.258 e. The van der Waals surface area contributed by atoms with Gasteiger partial charge in [-0.3, -0.25) is 9.59 Å². The molecule has 0 aliphatic heterocycles. The van der Waals surface area contributed by atoms with Crippen molar-refractivity contribution < 1.29 is 9.59 Å². The van der Waals surface area contributed by atoms with Gasteiger partial charge in [-0.1, -0.05) is 32.0 Å². The van der Waals surface area contributed by atoms with Gasteiger partial charge in [0.15, 0.2) is 0 Å². The lowest BCUT2D eigenvalue weighted by Gasteiger charge is -2.17. The number of hydrogen-bond acceptors (Lipinski definition) is 2. The molecule has 126 valence electrons. The highest BCUT2D eigenvalue weighted by Crippen LogP contribution is 2.15. The van der Waals surface area contributed by atoms with Crippen LogP contribution in [0.2, 0.25) is 0 Å². The molecule has 0 unspecified atom stereocenters. The lowest BCUT2D eigenvalue weighted by Crippen LogP contribution is -2.27. The lowest BCUT2D eigenvalue weighted by molar-refractivity contribution is 0.0949. The summed E-state index contributed by atoms with van der Waals surface area (Å²) in [5.74, 6) is 0.345. The monoisotopic (exact) mass is 324 g/mol. The van der Waals surface area contributed by atoms with Gasteiger partial charge in [-0.15, -0.1) is 0 Å². The van der Waals surface area contributed by atoms with Crippen LogP contribution in [-0.2, 0) is 0 Å². The van der Waals surface area contributed by atoms with Crippen molar-refractivity contribution in [2.75, 3.05) is 18.5 Å². The van der Waals surface area contributed by atoms with E-state index >= 15 is 0 Å². The Morgan fingerprint density at radius 1 is 0.958 bits per heavy atom. The van der Waals surface area contributed by atoms with Crippen molar-refractivity contribution in [2.24, 2.45) is 5.92 Å². The van der Waals surface area contributed by atoms with Crippen LogP contribution >= 0.6 is 0 Å². The van der Waals surface area contributed by atoms with Gasteiger partial charge in [0.25, 0.3) is 11.8 Å². The largest absolute Gasteiger partial charge is 0.352 e. The van der Waals surface area contributed by atoms with Crippen LogP contribution in [0, 0.1) is 5.92 Å². The molecule has 0 saturated carbocycles. The standard InChI is InChI=1S/C20H24N2O2/c1-15(2)13-14-21-19(23)16-9-11-17(12-10-16)20(24)22(3)18-7-5-4-6-8-18/h4-12,15H,13-14H2,1-3H3,(H,21,23). The van der Waals surface area contributed by atoms with Gasteiger partial charge in [-0.25, -0.2) is 0 Å². The van der Waals surface area contributed by atoms with Crippen molar-refractivity contribution in [3.8, 4) is 0 Å². The van der Waals surface area contributed by atoms with Gasteiger partial charge in [0, 0.05) is 30.4 Å². The highest BCUT2D eigenvalue weighted by molar-refractivity contribution is 6.06. The van der Waals surface area contributed by atoms with Gasteiger partial charge < -0.3 is 10.2 Å². The van der Waals surface area contributed by atoms with Crippen LogP contribution in [0.15, 0.2) is 54.6 Å². The molecule has 4 heteroatoms. The number of nitrogens with one attached hydrogen (secondary N) is 1. The molecule has 0 atom stereocenters. The van der Waals surface area contributed by atoms with E-state index in [2.05, 4.69) is 19.2 Å². The zero-order chi connectivity index (χ0) is 17.5. The van der Waals surface area contributed by atoms with Crippen LogP contribution in [0.3, 0.4) is 0 Å². The molecule has 0 fully saturated rings. The maximum atomic E-state index is 12.5. The topological polar surface area (TPSA) is 49.4 Å². The highest BCUT2D eigenvalue weighted by atomic mass is 16.2. The zero-order valence-electron chi connectivity index (χ0n) is 14.5. The number of carbonyl (C=O) groups excluding carboxylic acids is 2. The fourth-order valence-electron chi connectivity index (χ4n) is 2.30. The van der Waals surface area contributed by atoms with Crippen LogP contribution in [-0.4, -0.2) is 25.4 Å². The molecule has 0 aliphatic carbocycles. The van der Waals surface area contributed by atoms with Crippen LogP contribution in [0.25, 0.3) is 0 Å². The molecule has 0 spiro atoms. The molecule has 24 heavy (non-hydrogen) atoms. The third kappa shape index (κ3) is 4.69. The summed E-state index contributed by atoms with van der Waals surface area (Å²) in [4.78, 5) is 26.1. The van der Waals surface area contributed by atoms with Gasteiger partial charge in [0.05, 0.1) is 0 Å². The van der Waals surface area contributed by atoms with E-state index in [1.807, 2.05) is 30.3 Å². The van der Waals surface area contributed by atoms with Crippen molar-refractivity contribution in [1.82, 2.24) is 5.32 Å². The van der Waals surface area contributed by atoms with Crippen LogP contribution in [0.5, 0.6) is 0 Å². The van der Waals surface area contributed by atoms with Crippen LogP contribution < -0.4 is 10.2 Å². The number of carbonyl (C=O) groups is 2. The van der Waals surface area contributed by atoms with Crippen molar-refractivity contribution in [3.05, 3.63) is 65.7 Å². The summed E-state index contributed by atoms with van der Waals surface area (Å²) in [6.45, 7) is 4.90. The number of nitrogens with zero attached hydrogens (tertiary/aromatic N) is 1. The third-order valence-electron chi connectivity index (χ3n) is 3.85. The number of anilines is 1. The molecule has 0 aromatic heterocycles. The number of para-hydroxylation sites is 1. The molecule has 2 amide bonds. The van der Waals surface area contributed by atoms with Gasteiger partial charge >= 0.3 is 0 Å². The van der Waals surface area contributed by atoms with Crippen molar-refractivity contribution in [2.45, 2.75) is 20.3 Å². The minimum Gasteiger partial charge on any atom is -0.352 e. The normalized spacial score (nSPS) is 10.5. The summed E-state index contributed by atoms with van der Waals surface area (Å²) in [6, 6.07) is 16.2. The SMILES string of the molecule is CC(C)CCNC(=O)c1ccc(C(=O)N(C)c2ccccc2)cc1. The highest BCUT2D eigenvalue weighted by Gasteiger charge is 2.14. The number of rotatable bonds is 6. The molecular formula is C20H24N2O2. The molecular weight excluding hydrogens is 300 g/mol. The summed E-state index contributed by atoms with van der Waals surface area (Å²) in [5.41, 5.74) is 1.95. The van der Waals surface area contributed by atoms with E-state index in [0.29, 0.717) is 23.6 Å². The Labute approximate surface area is 143 Å². The molecule has 0 saturated heterocycles. The molecule has 0 bridgehead atoms. The molecule has 2 aromatic rings. The predicted molar refractivity (Wildman–Crippen MR) is 97.4 cm³/mol. The predicted octanol–water partition coefficient (Wildman–Crippen LogP) is 3.74. The van der Waals surface area contributed by atoms with E-state index in [1.54, 1.807) is 36.2 Å². The van der Waals surface area contributed by atoms with Crippen molar-refractivity contribution in [1.29, 1.82) is 0 Å². The quantitative estimate of drug-likeness (QED) is 0.880. The Kier molecular flexibility index (Phi) is 6.13. The Balaban J connectivity index is 2.01. The van der Waals surface area contributed by atoms with E-state index in [-0.39, 0.29) is 11.8 Å². The van der Waals surface area contributed by atoms with Crippen molar-refractivity contribution in [3.63, 3.8) is 0 Å². The minimum atomic E-state index is -0.105.